The van der Waals surface area contributed by atoms with E-state index in [2.05, 4.69) is 0 Å². The minimum Gasteiger partial charge on any atom is -0.398 e. The van der Waals surface area contributed by atoms with E-state index in [0.29, 0.717) is 33.4 Å². The average Bonchev–Trinajstić information content (AvgIpc) is 2.94. The maximum Gasteiger partial charge on any atom is 0.270 e. The summed E-state index contributed by atoms with van der Waals surface area (Å²) in [7, 11) is 0. The monoisotopic (exact) mass is 542 g/mol. The number of anilines is 1. The Hall–Kier alpha value is -4.98. The molecule has 5 rings (SSSR count). The Balaban J connectivity index is 1.80. The van der Waals surface area contributed by atoms with E-state index in [0.717, 1.165) is 0 Å². The molecule has 5 aromatic carbocycles. The molecule has 0 aliphatic carbocycles. The first kappa shape index (κ1) is 26.6. The van der Waals surface area contributed by atoms with Crippen molar-refractivity contribution in [3.05, 3.63) is 176 Å². The third kappa shape index (κ3) is 5.42. The van der Waals surface area contributed by atoms with Gasteiger partial charge in [0.1, 0.15) is 23.3 Å². The summed E-state index contributed by atoms with van der Waals surface area (Å²) in [5.74, 6) is -3.32. The van der Waals surface area contributed by atoms with Gasteiger partial charge >= 0.3 is 0 Å². The summed E-state index contributed by atoms with van der Waals surface area (Å²) in [6, 6.07) is 25.1. The molecule has 0 atom stereocenters. The minimum atomic E-state index is -0.720. The number of benzene rings is 5. The van der Waals surface area contributed by atoms with Crippen LogP contribution in [0.2, 0.25) is 0 Å². The maximum atomic E-state index is 13.8. The summed E-state index contributed by atoms with van der Waals surface area (Å²) in [5.41, 5.74) is 9.73. The quantitative estimate of drug-likeness (QED) is 0.0743. The number of nitrogens with zero attached hydrogens (tertiary/aromatic N) is 1. The second-order valence-electron chi connectivity index (χ2n) is 9.37. The number of nitro benzene ring substituents is 1. The van der Waals surface area contributed by atoms with Crippen LogP contribution < -0.4 is 5.73 Å². The molecule has 2 N–H and O–H groups in total. The lowest BCUT2D eigenvalue weighted by Crippen LogP contribution is -2.13. The zero-order chi connectivity index (χ0) is 28.4. The van der Waals surface area contributed by atoms with Crippen molar-refractivity contribution in [3.8, 4) is 0 Å². The fourth-order valence-corrected chi connectivity index (χ4v) is 4.99. The van der Waals surface area contributed by atoms with Crippen LogP contribution >= 0.6 is 0 Å². The summed E-state index contributed by atoms with van der Waals surface area (Å²) >= 11 is 0. The van der Waals surface area contributed by atoms with Crippen molar-refractivity contribution >= 4 is 11.4 Å². The predicted molar refractivity (Wildman–Crippen MR) is 145 cm³/mol. The zero-order valence-electron chi connectivity index (χ0n) is 20.9. The molecule has 200 valence electrons. The van der Waals surface area contributed by atoms with Gasteiger partial charge in [0, 0.05) is 29.7 Å². The summed E-state index contributed by atoms with van der Waals surface area (Å²) < 4.78 is 55.4. The molecule has 0 unspecified atom stereocenters. The number of halogens is 4. The van der Waals surface area contributed by atoms with Crippen molar-refractivity contribution in [2.75, 3.05) is 5.73 Å². The number of non-ortho nitro benzene ring substituents is 1. The summed E-state index contributed by atoms with van der Waals surface area (Å²) in [4.78, 5) is 11.6. The largest absolute Gasteiger partial charge is 0.398 e. The molecule has 0 aromatic heterocycles. The van der Waals surface area contributed by atoms with Gasteiger partial charge < -0.3 is 5.73 Å². The number of hydrogen-bond acceptors (Lipinski definition) is 3. The second kappa shape index (κ2) is 11.0. The number of hydrogen-bond donors (Lipinski definition) is 1. The molecular formula is C32H22F4N2O2. The topological polar surface area (TPSA) is 69.2 Å². The molecule has 0 aliphatic heterocycles. The van der Waals surface area contributed by atoms with Crippen molar-refractivity contribution in [2.45, 2.75) is 11.8 Å². The highest BCUT2D eigenvalue weighted by Gasteiger charge is 2.29. The van der Waals surface area contributed by atoms with E-state index < -0.39 is 40.0 Å². The lowest BCUT2D eigenvalue weighted by atomic mass is 9.78. The Morgan fingerprint density at radius 3 is 1.00 bits per heavy atom. The van der Waals surface area contributed by atoms with Gasteiger partial charge in [0.05, 0.1) is 4.92 Å². The molecule has 0 spiro atoms. The van der Waals surface area contributed by atoms with Crippen LogP contribution in [0.25, 0.3) is 0 Å². The molecule has 5 aromatic rings. The van der Waals surface area contributed by atoms with Crippen molar-refractivity contribution < 1.29 is 22.5 Å². The van der Waals surface area contributed by atoms with E-state index in [1.165, 1.54) is 60.7 Å². The van der Waals surface area contributed by atoms with Crippen molar-refractivity contribution in [2.24, 2.45) is 0 Å². The van der Waals surface area contributed by atoms with Crippen LogP contribution in [0.1, 0.15) is 45.2 Å². The second-order valence-corrected chi connectivity index (χ2v) is 9.37. The highest BCUT2D eigenvalue weighted by Crippen LogP contribution is 2.44. The van der Waals surface area contributed by atoms with Crippen LogP contribution in [0.5, 0.6) is 0 Å². The van der Waals surface area contributed by atoms with E-state index in [1.54, 1.807) is 48.5 Å². The standard InChI is InChI=1S/C32H22F4N2O2/c33-23-9-1-19(2-10-23)30(20-3-11-24(34)12-4-20)28-17-27(38(39)40)18-29(32(28)37)31(21-5-13-25(35)14-6-21)22-7-15-26(36)16-8-22/h1-18,30-31H,37H2. The Labute approximate surface area is 227 Å². The number of rotatable bonds is 7. The summed E-state index contributed by atoms with van der Waals surface area (Å²) in [6.07, 6.45) is 0. The lowest BCUT2D eigenvalue weighted by Gasteiger charge is -2.26. The molecule has 40 heavy (non-hydrogen) atoms. The highest BCUT2D eigenvalue weighted by molar-refractivity contribution is 5.68. The van der Waals surface area contributed by atoms with E-state index in [-0.39, 0.29) is 11.4 Å². The number of nitro groups is 1. The van der Waals surface area contributed by atoms with Gasteiger partial charge in [-0.05, 0) is 81.9 Å². The molecule has 0 heterocycles. The molecule has 0 saturated heterocycles. The first-order chi connectivity index (χ1) is 19.2. The molecule has 0 fully saturated rings. The number of nitrogen functional groups attached to an aromatic ring is 1. The van der Waals surface area contributed by atoms with Gasteiger partial charge in [0.15, 0.2) is 0 Å². The van der Waals surface area contributed by atoms with Crippen molar-refractivity contribution in [1.82, 2.24) is 0 Å². The van der Waals surface area contributed by atoms with Crippen molar-refractivity contribution in [3.63, 3.8) is 0 Å². The summed E-state index contributed by atoms with van der Waals surface area (Å²) in [5, 5.41) is 12.2. The number of nitrogens with two attached hydrogens (primary N) is 1. The minimum absolute atomic E-state index is 0.197. The van der Waals surface area contributed by atoms with Crippen molar-refractivity contribution in [1.29, 1.82) is 0 Å². The average molecular weight is 543 g/mol. The Morgan fingerprint density at radius 1 is 0.525 bits per heavy atom. The van der Waals surface area contributed by atoms with E-state index >= 15 is 0 Å². The van der Waals surface area contributed by atoms with Crippen LogP contribution in [0.15, 0.2) is 109 Å². The molecule has 8 heteroatoms. The van der Waals surface area contributed by atoms with Gasteiger partial charge in [-0.15, -0.1) is 0 Å². The van der Waals surface area contributed by atoms with Crippen LogP contribution in [0, 0.1) is 33.4 Å². The van der Waals surface area contributed by atoms with Gasteiger partial charge in [-0.2, -0.15) is 0 Å². The van der Waals surface area contributed by atoms with Gasteiger partial charge in [-0.3, -0.25) is 10.1 Å². The van der Waals surface area contributed by atoms with Gasteiger partial charge in [-0.25, -0.2) is 17.6 Å². The third-order valence-electron chi connectivity index (χ3n) is 6.87. The normalized spacial score (nSPS) is 11.2. The fraction of sp³-hybridized carbons (Fsp3) is 0.0625. The van der Waals surface area contributed by atoms with E-state index in [9.17, 15) is 27.7 Å². The van der Waals surface area contributed by atoms with E-state index in [4.69, 9.17) is 5.73 Å². The van der Waals surface area contributed by atoms with Crippen LogP contribution in [0.4, 0.5) is 28.9 Å². The molecular weight excluding hydrogens is 520 g/mol. The fourth-order valence-electron chi connectivity index (χ4n) is 4.99. The van der Waals surface area contributed by atoms with Crippen LogP contribution in [-0.4, -0.2) is 4.92 Å². The highest BCUT2D eigenvalue weighted by atomic mass is 19.1. The Kier molecular flexibility index (Phi) is 7.33. The van der Waals surface area contributed by atoms with E-state index in [1.807, 2.05) is 0 Å². The third-order valence-corrected chi connectivity index (χ3v) is 6.87. The lowest BCUT2D eigenvalue weighted by molar-refractivity contribution is -0.385. The molecule has 0 aliphatic rings. The Morgan fingerprint density at radius 2 is 0.775 bits per heavy atom. The zero-order valence-corrected chi connectivity index (χ0v) is 20.9. The Bertz CT molecular complexity index is 1450. The molecule has 0 amide bonds. The predicted octanol–water partition coefficient (Wildman–Crippen LogP) is 8.09. The first-order valence-electron chi connectivity index (χ1n) is 12.3. The van der Waals surface area contributed by atoms with Gasteiger partial charge in [0.25, 0.3) is 5.69 Å². The molecule has 0 radical (unpaired) electrons. The van der Waals surface area contributed by atoms with Gasteiger partial charge in [-0.1, -0.05) is 48.5 Å². The van der Waals surface area contributed by atoms with Gasteiger partial charge in [0.2, 0.25) is 0 Å². The van der Waals surface area contributed by atoms with Crippen LogP contribution in [0.3, 0.4) is 0 Å². The first-order valence-corrected chi connectivity index (χ1v) is 12.3. The molecule has 4 nitrogen and oxygen atoms in total. The smallest absolute Gasteiger partial charge is 0.270 e. The maximum absolute atomic E-state index is 13.8. The summed E-state index contributed by atoms with van der Waals surface area (Å²) in [6.45, 7) is 0. The SMILES string of the molecule is Nc1c(C(c2ccc(F)cc2)c2ccc(F)cc2)cc([N+](=O)[O-])cc1C(c1ccc(F)cc1)c1ccc(F)cc1. The molecule has 0 saturated carbocycles. The van der Waals surface area contributed by atoms with Crippen LogP contribution in [-0.2, 0) is 0 Å². The molecule has 0 bridgehead atoms.